The van der Waals surface area contributed by atoms with Crippen molar-refractivity contribution >= 4 is 29.3 Å². The van der Waals surface area contributed by atoms with E-state index in [-0.39, 0.29) is 11.5 Å². The highest BCUT2D eigenvalue weighted by Gasteiger charge is 2.34. The first-order valence-corrected chi connectivity index (χ1v) is 10.9. The molecule has 6 nitrogen and oxygen atoms in total. The minimum atomic E-state index is -0.419. The van der Waals surface area contributed by atoms with Crippen LogP contribution in [-0.4, -0.2) is 31.5 Å². The lowest BCUT2D eigenvalue weighted by Crippen LogP contribution is -2.35. The molecule has 2 aromatic rings. The van der Waals surface area contributed by atoms with Crippen molar-refractivity contribution in [2.75, 3.05) is 29.6 Å². The fraction of sp³-hybridized carbons (Fsp3) is 0.360. The second-order valence-electron chi connectivity index (χ2n) is 7.65. The number of ether oxygens (including phenoxy) is 1. The summed E-state index contributed by atoms with van der Waals surface area (Å²) in [6.45, 7) is 12.6. The van der Waals surface area contributed by atoms with Gasteiger partial charge in [-0.25, -0.2) is 5.01 Å². The molecule has 164 valence electrons. The van der Waals surface area contributed by atoms with Crippen LogP contribution in [0.25, 0.3) is 6.08 Å². The molecule has 1 aliphatic rings. The zero-order valence-corrected chi connectivity index (χ0v) is 19.0. The summed E-state index contributed by atoms with van der Waals surface area (Å²) in [6.07, 6.45) is 2.49. The maximum absolute atomic E-state index is 13.0. The number of nitrogens with one attached hydrogen (secondary N) is 1. The van der Waals surface area contributed by atoms with Gasteiger partial charge in [0.05, 0.1) is 12.3 Å². The predicted octanol–water partition coefficient (Wildman–Crippen LogP) is 4.40. The Kier molecular flexibility index (Phi) is 7.00. The van der Waals surface area contributed by atoms with Crippen LogP contribution in [0.5, 0.6) is 5.75 Å². The summed E-state index contributed by atoms with van der Waals surface area (Å²) < 4.78 is 5.96. The van der Waals surface area contributed by atoms with Crippen molar-refractivity contribution < 1.29 is 14.3 Å². The highest BCUT2D eigenvalue weighted by atomic mass is 16.5. The normalized spacial score (nSPS) is 14.9. The summed E-state index contributed by atoms with van der Waals surface area (Å²) in [6, 6.07) is 11.5. The first-order chi connectivity index (χ1) is 14.9. The van der Waals surface area contributed by atoms with Crippen molar-refractivity contribution in [3.8, 4) is 5.75 Å². The van der Waals surface area contributed by atoms with E-state index in [1.807, 2.05) is 57.2 Å². The Bertz CT molecular complexity index is 1010. The third-order valence-corrected chi connectivity index (χ3v) is 5.53. The smallest absolute Gasteiger partial charge is 0.282 e. The Morgan fingerprint density at radius 2 is 1.74 bits per heavy atom. The molecule has 0 aromatic heterocycles. The van der Waals surface area contributed by atoms with Gasteiger partial charge in [-0.15, -0.1) is 0 Å². The Hall–Kier alpha value is -3.28. The van der Waals surface area contributed by atoms with Gasteiger partial charge in [0.2, 0.25) is 0 Å². The van der Waals surface area contributed by atoms with E-state index >= 15 is 0 Å². The van der Waals surface area contributed by atoms with Crippen molar-refractivity contribution in [1.29, 1.82) is 0 Å². The van der Waals surface area contributed by atoms with E-state index in [0.717, 1.165) is 36.3 Å². The minimum absolute atomic E-state index is 0.0927. The molecule has 3 rings (SSSR count). The van der Waals surface area contributed by atoms with Gasteiger partial charge in [0.15, 0.2) is 0 Å². The molecule has 1 aliphatic heterocycles. The number of hydrogen-bond acceptors (Lipinski definition) is 4. The number of aryl methyl sites for hydroxylation is 2. The SMILES string of the molecule is CCCOc1cc(N(CC)CC)ccc1/C=C1/C(=O)NN(c2ccc(C)c(C)c2)C1=O. The van der Waals surface area contributed by atoms with Crippen LogP contribution in [0.3, 0.4) is 0 Å². The molecule has 1 fully saturated rings. The number of nitrogens with zero attached hydrogens (tertiary/aromatic N) is 2. The van der Waals surface area contributed by atoms with Gasteiger partial charge in [0, 0.05) is 30.4 Å². The molecular formula is C25H31N3O3. The van der Waals surface area contributed by atoms with Gasteiger partial charge in [-0.05, 0) is 75.6 Å². The monoisotopic (exact) mass is 421 g/mol. The summed E-state index contributed by atoms with van der Waals surface area (Å²) in [7, 11) is 0. The zero-order chi connectivity index (χ0) is 22.5. The molecule has 0 atom stereocenters. The van der Waals surface area contributed by atoms with Crippen LogP contribution in [0, 0.1) is 13.8 Å². The van der Waals surface area contributed by atoms with Crippen molar-refractivity contribution in [2.45, 2.75) is 41.0 Å². The number of hydrogen-bond donors (Lipinski definition) is 1. The number of rotatable bonds is 8. The van der Waals surface area contributed by atoms with E-state index in [1.165, 1.54) is 5.01 Å². The summed E-state index contributed by atoms with van der Waals surface area (Å²) >= 11 is 0. The molecule has 2 aromatic carbocycles. The molecule has 1 heterocycles. The molecule has 1 saturated heterocycles. The number of amides is 2. The standard InChI is InChI=1S/C25H31N3O3/c1-6-13-31-23-16-20(27(7-2)8-3)12-10-19(23)15-22-24(29)26-28(25(22)30)21-11-9-17(4)18(5)14-21/h9-12,14-16H,6-8,13H2,1-5H3,(H,26,29)/b22-15-. The molecule has 2 amide bonds. The quantitative estimate of drug-likeness (QED) is 0.507. The molecular weight excluding hydrogens is 390 g/mol. The lowest BCUT2D eigenvalue weighted by molar-refractivity contribution is -0.117. The third-order valence-electron chi connectivity index (χ3n) is 5.53. The molecule has 6 heteroatoms. The van der Waals surface area contributed by atoms with E-state index in [2.05, 4.69) is 24.2 Å². The zero-order valence-electron chi connectivity index (χ0n) is 19.0. The Labute approximate surface area is 184 Å². The number of hydrazine groups is 1. The first kappa shape index (κ1) is 22.4. The molecule has 1 N–H and O–H groups in total. The number of carbonyl (C=O) groups is 2. The molecule has 0 radical (unpaired) electrons. The van der Waals surface area contributed by atoms with E-state index in [9.17, 15) is 9.59 Å². The molecule has 0 spiro atoms. The van der Waals surface area contributed by atoms with Gasteiger partial charge in [0.1, 0.15) is 11.3 Å². The molecule has 0 aliphatic carbocycles. The molecule has 0 saturated carbocycles. The van der Waals surface area contributed by atoms with Gasteiger partial charge in [-0.2, -0.15) is 0 Å². The Morgan fingerprint density at radius 3 is 2.39 bits per heavy atom. The summed E-state index contributed by atoms with van der Waals surface area (Å²) in [5.41, 5.74) is 7.36. The van der Waals surface area contributed by atoms with Crippen LogP contribution in [-0.2, 0) is 9.59 Å². The van der Waals surface area contributed by atoms with Crippen LogP contribution in [0.1, 0.15) is 43.9 Å². The van der Waals surface area contributed by atoms with Gasteiger partial charge in [0.25, 0.3) is 11.8 Å². The van der Waals surface area contributed by atoms with Gasteiger partial charge >= 0.3 is 0 Å². The largest absolute Gasteiger partial charge is 0.493 e. The summed E-state index contributed by atoms with van der Waals surface area (Å²) in [5.74, 6) is -0.121. The van der Waals surface area contributed by atoms with E-state index in [1.54, 1.807) is 6.08 Å². The Balaban J connectivity index is 1.96. The lowest BCUT2D eigenvalue weighted by atomic mass is 10.1. The van der Waals surface area contributed by atoms with Crippen molar-refractivity contribution in [2.24, 2.45) is 0 Å². The van der Waals surface area contributed by atoms with E-state index in [0.29, 0.717) is 23.6 Å². The predicted molar refractivity (Wildman–Crippen MR) is 125 cm³/mol. The lowest BCUT2D eigenvalue weighted by Gasteiger charge is -2.22. The average Bonchev–Trinajstić information content (AvgIpc) is 3.04. The molecule has 0 bridgehead atoms. The van der Waals surface area contributed by atoms with Crippen molar-refractivity contribution in [3.05, 3.63) is 58.7 Å². The van der Waals surface area contributed by atoms with Crippen LogP contribution in [0.2, 0.25) is 0 Å². The number of benzene rings is 2. The van der Waals surface area contributed by atoms with E-state index in [4.69, 9.17) is 4.74 Å². The van der Waals surface area contributed by atoms with Crippen LogP contribution in [0.4, 0.5) is 11.4 Å². The van der Waals surface area contributed by atoms with Crippen LogP contribution in [0.15, 0.2) is 42.0 Å². The highest BCUT2D eigenvalue weighted by Crippen LogP contribution is 2.30. The second kappa shape index (κ2) is 9.69. The summed E-state index contributed by atoms with van der Waals surface area (Å²) in [5, 5.41) is 1.30. The van der Waals surface area contributed by atoms with Crippen molar-refractivity contribution in [3.63, 3.8) is 0 Å². The van der Waals surface area contributed by atoms with Crippen molar-refractivity contribution in [1.82, 2.24) is 5.43 Å². The fourth-order valence-electron chi connectivity index (χ4n) is 3.52. The number of anilines is 2. The van der Waals surface area contributed by atoms with Gasteiger partial charge in [-0.3, -0.25) is 15.0 Å². The minimum Gasteiger partial charge on any atom is -0.493 e. The summed E-state index contributed by atoms with van der Waals surface area (Å²) in [4.78, 5) is 27.9. The van der Waals surface area contributed by atoms with E-state index < -0.39 is 5.91 Å². The number of carbonyl (C=O) groups excluding carboxylic acids is 2. The second-order valence-corrected chi connectivity index (χ2v) is 7.65. The maximum atomic E-state index is 13.0. The fourth-order valence-corrected chi connectivity index (χ4v) is 3.52. The average molecular weight is 422 g/mol. The van der Waals surface area contributed by atoms with Crippen LogP contribution < -0.4 is 20.1 Å². The van der Waals surface area contributed by atoms with Crippen LogP contribution >= 0.6 is 0 Å². The third kappa shape index (κ3) is 4.74. The Morgan fingerprint density at radius 1 is 1.00 bits per heavy atom. The first-order valence-electron chi connectivity index (χ1n) is 10.9. The van der Waals surface area contributed by atoms with Gasteiger partial charge in [-0.1, -0.05) is 13.0 Å². The molecule has 31 heavy (non-hydrogen) atoms. The maximum Gasteiger partial charge on any atom is 0.282 e. The molecule has 0 unspecified atom stereocenters. The topological polar surface area (TPSA) is 61.9 Å². The highest BCUT2D eigenvalue weighted by molar-refractivity contribution is 6.31. The van der Waals surface area contributed by atoms with Gasteiger partial charge < -0.3 is 9.64 Å².